The minimum atomic E-state index is 0.0370. The minimum Gasteiger partial charge on any atom is -0.426 e. The van der Waals surface area contributed by atoms with Crippen LogP contribution in [0, 0.1) is 69.2 Å². The maximum Gasteiger partial charge on any atom is 0.217 e. The molecule has 5 aromatic heterocycles. The van der Waals surface area contributed by atoms with Gasteiger partial charge < -0.3 is 9.73 Å². The summed E-state index contributed by atoms with van der Waals surface area (Å²) in [7, 11) is 0. The summed E-state index contributed by atoms with van der Waals surface area (Å²) < 4.78 is 4.86. The number of rotatable bonds is 1. The molecule has 0 aliphatic heterocycles. The molecule has 15 heteroatoms. The Morgan fingerprint density at radius 2 is 1.14 bits per heavy atom. The van der Waals surface area contributed by atoms with E-state index in [1.807, 2.05) is 67.8 Å². The topological polar surface area (TPSA) is 158 Å². The second-order valence-electron chi connectivity index (χ2n) is 9.16. The lowest BCUT2D eigenvalue weighted by Gasteiger charge is -2.02. The second-order valence-corrected chi connectivity index (χ2v) is 13.4. The predicted octanol–water partition coefficient (Wildman–Crippen LogP) is 6.38. The maximum atomic E-state index is 10.1. The summed E-state index contributed by atoms with van der Waals surface area (Å²) in [4.78, 5) is 24.8. The molecule has 0 saturated heterocycles. The number of aromatic nitrogens is 9. The highest BCUT2D eigenvalue weighted by Crippen LogP contribution is 2.08. The molecule has 5 aromatic rings. The number of hydrogen-bond donors (Lipinski definition) is 1. The molecule has 0 fully saturated rings. The van der Waals surface area contributed by atoms with Crippen LogP contribution in [0.2, 0.25) is 0 Å². The van der Waals surface area contributed by atoms with E-state index in [4.69, 9.17) is 4.42 Å². The van der Waals surface area contributed by atoms with E-state index in [-0.39, 0.29) is 11.9 Å². The van der Waals surface area contributed by atoms with Gasteiger partial charge in [-0.1, -0.05) is 0 Å². The molecule has 236 valence electrons. The molecule has 1 amide bonds. The highest BCUT2D eigenvalue weighted by Gasteiger charge is 1.92. The molecule has 0 saturated carbocycles. The Morgan fingerprint density at radius 3 is 1.28 bits per heavy atom. The van der Waals surface area contributed by atoms with Crippen molar-refractivity contribution in [3.8, 4) is 0 Å². The Kier molecular flexibility index (Phi) is 20.2. The van der Waals surface area contributed by atoms with Gasteiger partial charge in [0, 0.05) is 49.0 Å². The third kappa shape index (κ3) is 23.7. The quantitative estimate of drug-likeness (QED) is 0.215. The van der Waals surface area contributed by atoms with Crippen LogP contribution in [0.3, 0.4) is 0 Å². The molecule has 0 aliphatic carbocycles. The van der Waals surface area contributed by atoms with Crippen molar-refractivity contribution in [2.45, 2.75) is 96.1 Å². The lowest BCUT2D eigenvalue weighted by molar-refractivity contribution is -0.119. The maximum absolute atomic E-state index is 10.1. The standard InChI is InChI=1S/C5H7N3.C5H11NO.2C5H7NS.C4H6N2O.C4H6N2S/c1-4-3-6-8-5(2)7-4;1-4(2)6-5(3)7;2*1-4-3-6-5(2)7-4;2*1-3-5-6-4(2)7-3/h3H,1-2H3;4H,1-3H3,(H,6,7);2*3H,1-2H3;2*1-2H3. The fourth-order valence-corrected chi connectivity index (χ4v) is 4.58. The number of hydrogen-bond acceptors (Lipinski definition) is 14. The first-order valence-electron chi connectivity index (χ1n) is 13.3. The zero-order valence-electron chi connectivity index (χ0n) is 27.4. The normalized spacial score (nSPS) is 9.35. The van der Waals surface area contributed by atoms with Crippen LogP contribution in [-0.2, 0) is 4.79 Å². The van der Waals surface area contributed by atoms with Gasteiger partial charge in [-0.15, -0.1) is 59.5 Å². The van der Waals surface area contributed by atoms with Gasteiger partial charge in [0.05, 0.1) is 21.9 Å². The van der Waals surface area contributed by atoms with E-state index in [2.05, 4.69) is 64.7 Å². The average Bonchev–Trinajstić information content (AvgIpc) is 3.66. The Morgan fingerprint density at radius 1 is 0.674 bits per heavy atom. The number of nitrogens with one attached hydrogen (secondary N) is 1. The molecule has 43 heavy (non-hydrogen) atoms. The largest absolute Gasteiger partial charge is 0.426 e. The van der Waals surface area contributed by atoms with E-state index < -0.39 is 0 Å². The molecule has 12 nitrogen and oxygen atoms in total. The average molecular weight is 649 g/mol. The van der Waals surface area contributed by atoms with Gasteiger partial charge in [-0.3, -0.25) is 4.79 Å². The first-order chi connectivity index (χ1) is 20.1. The van der Waals surface area contributed by atoms with Crippen LogP contribution in [0.15, 0.2) is 23.0 Å². The Hall–Kier alpha value is -3.56. The van der Waals surface area contributed by atoms with E-state index in [1.165, 1.54) is 16.7 Å². The van der Waals surface area contributed by atoms with Crippen LogP contribution < -0.4 is 5.32 Å². The minimum absolute atomic E-state index is 0.0370. The monoisotopic (exact) mass is 648 g/mol. The van der Waals surface area contributed by atoms with Crippen molar-refractivity contribution in [1.82, 2.24) is 50.9 Å². The highest BCUT2D eigenvalue weighted by atomic mass is 32.1. The number of carbonyl (C=O) groups excluding carboxylic acids is 1. The van der Waals surface area contributed by atoms with Gasteiger partial charge in [-0.05, 0) is 69.2 Å². The Bertz CT molecular complexity index is 1210. The molecule has 5 heterocycles. The summed E-state index contributed by atoms with van der Waals surface area (Å²) >= 11 is 5.08. The molecule has 0 bridgehead atoms. The van der Waals surface area contributed by atoms with Crippen LogP contribution >= 0.6 is 34.0 Å². The molecule has 1 N–H and O–H groups in total. The first kappa shape index (κ1) is 39.4. The number of aryl methyl sites for hydroxylation is 10. The highest BCUT2D eigenvalue weighted by molar-refractivity contribution is 7.11. The molecule has 0 aromatic carbocycles. The lowest BCUT2D eigenvalue weighted by atomic mass is 10.4. The molecule has 0 unspecified atom stereocenters. The van der Waals surface area contributed by atoms with Gasteiger partial charge in [0.15, 0.2) is 0 Å². The zero-order chi connectivity index (χ0) is 32.9. The van der Waals surface area contributed by atoms with Gasteiger partial charge in [0.25, 0.3) is 0 Å². The molecule has 0 spiro atoms. The van der Waals surface area contributed by atoms with Gasteiger partial charge in [-0.2, -0.15) is 5.10 Å². The van der Waals surface area contributed by atoms with Gasteiger partial charge in [-0.25, -0.2) is 15.0 Å². The predicted molar refractivity (Wildman–Crippen MR) is 175 cm³/mol. The number of nitrogens with zero attached hydrogens (tertiary/aromatic N) is 9. The third-order valence-electron chi connectivity index (χ3n) is 4.00. The zero-order valence-corrected chi connectivity index (χ0v) is 29.8. The summed E-state index contributed by atoms with van der Waals surface area (Å²) in [5, 5.41) is 29.2. The molecule has 5 rings (SSSR count). The van der Waals surface area contributed by atoms with Crippen LogP contribution in [-0.4, -0.2) is 57.5 Å². The summed E-state index contributed by atoms with van der Waals surface area (Å²) in [6.07, 6.45) is 5.41. The van der Waals surface area contributed by atoms with Crippen molar-refractivity contribution < 1.29 is 9.21 Å². The summed E-state index contributed by atoms with van der Waals surface area (Å²) in [5.74, 6) is 2.01. The van der Waals surface area contributed by atoms with Crippen molar-refractivity contribution >= 4 is 39.9 Å². The lowest BCUT2D eigenvalue weighted by Crippen LogP contribution is -2.27. The summed E-state index contributed by atoms with van der Waals surface area (Å²) in [6.45, 7) is 24.7. The first-order valence-corrected chi connectivity index (χ1v) is 15.7. The van der Waals surface area contributed by atoms with E-state index in [0.29, 0.717) is 11.8 Å². The number of amides is 1. The van der Waals surface area contributed by atoms with E-state index >= 15 is 0 Å². The van der Waals surface area contributed by atoms with Crippen LogP contribution in [0.4, 0.5) is 0 Å². The Labute approximate surface area is 266 Å². The van der Waals surface area contributed by atoms with Crippen molar-refractivity contribution in [1.29, 1.82) is 0 Å². The molecule has 0 atom stereocenters. The van der Waals surface area contributed by atoms with E-state index in [0.717, 1.165) is 31.5 Å². The summed E-state index contributed by atoms with van der Waals surface area (Å²) in [6, 6.07) is 0.275. The second kappa shape index (κ2) is 22.0. The van der Waals surface area contributed by atoms with Gasteiger partial charge in [0.1, 0.15) is 15.8 Å². The van der Waals surface area contributed by atoms with Crippen LogP contribution in [0.5, 0.6) is 0 Å². The molecule has 0 aliphatic rings. The number of carbonyl (C=O) groups is 1. The fourth-order valence-electron chi connectivity index (χ4n) is 2.63. The molecular weight excluding hydrogens is 605 g/mol. The fraction of sp³-hybridized carbons (Fsp3) is 0.500. The SMILES string of the molecule is CC(=O)NC(C)C.Cc1cnc(C)s1.Cc1cnc(C)s1.Cc1cnnc(C)n1.Cc1nnc(C)o1.Cc1nnc(C)s1. The van der Waals surface area contributed by atoms with Crippen molar-refractivity contribution in [2.24, 2.45) is 0 Å². The molecule has 0 radical (unpaired) electrons. The Balaban J connectivity index is 0.000000493. The van der Waals surface area contributed by atoms with Crippen LogP contribution in [0.25, 0.3) is 0 Å². The smallest absolute Gasteiger partial charge is 0.217 e. The number of thiazole rings is 2. The van der Waals surface area contributed by atoms with Crippen molar-refractivity contribution in [3.63, 3.8) is 0 Å². The van der Waals surface area contributed by atoms with E-state index in [1.54, 1.807) is 54.1 Å². The molecular formula is C28H44N10O2S3. The third-order valence-corrected chi connectivity index (χ3v) is 6.42. The van der Waals surface area contributed by atoms with E-state index in [9.17, 15) is 4.79 Å². The van der Waals surface area contributed by atoms with Crippen LogP contribution in [0.1, 0.15) is 73.9 Å². The van der Waals surface area contributed by atoms with Gasteiger partial charge >= 0.3 is 0 Å². The summed E-state index contributed by atoms with van der Waals surface area (Å²) in [5.41, 5.74) is 0.914. The van der Waals surface area contributed by atoms with Crippen molar-refractivity contribution in [2.75, 3.05) is 0 Å². The van der Waals surface area contributed by atoms with Gasteiger partial charge in [0.2, 0.25) is 17.7 Å². The van der Waals surface area contributed by atoms with Crippen molar-refractivity contribution in [3.05, 3.63) is 71.7 Å².